The van der Waals surface area contributed by atoms with Crippen LogP contribution in [0.2, 0.25) is 0 Å². The van der Waals surface area contributed by atoms with Gasteiger partial charge in [0.2, 0.25) is 0 Å². The van der Waals surface area contributed by atoms with Gasteiger partial charge >= 0.3 is 0 Å². The molecular weight excluding hydrogens is 474 g/mol. The minimum atomic E-state index is 0.0446. The number of hydrogen-bond donors (Lipinski definition) is 2. The Balaban J connectivity index is 2.17. The summed E-state index contributed by atoms with van der Waals surface area (Å²) in [5, 5.41) is 7.08. The molecule has 2 aromatic carbocycles. The average Bonchev–Trinajstić information content (AvgIpc) is 2.87. The Morgan fingerprint density at radius 3 is 2.38 bits per heavy atom. The van der Waals surface area contributed by atoms with Crippen LogP contribution >= 0.6 is 0 Å². The number of allylic oxidation sites excluding steroid dienone is 3. The first-order chi connectivity index (χ1) is 18.5. The normalized spacial score (nSPS) is 13.0. The van der Waals surface area contributed by atoms with Gasteiger partial charge in [0.05, 0.1) is 11.9 Å². The summed E-state index contributed by atoms with van der Waals surface area (Å²) in [6, 6.07) is 13.3. The maximum absolute atomic E-state index is 4.74. The van der Waals surface area contributed by atoms with Gasteiger partial charge in [-0.25, -0.2) is 0 Å². The Labute approximate surface area is 239 Å². The van der Waals surface area contributed by atoms with Gasteiger partial charge in [-0.15, -0.1) is 0 Å². The minimum absolute atomic E-state index is 0.0446. The van der Waals surface area contributed by atoms with Crippen LogP contribution in [0.1, 0.15) is 103 Å². The zero-order valence-electron chi connectivity index (χ0n) is 26.0. The van der Waals surface area contributed by atoms with Crippen LogP contribution < -0.4 is 10.6 Å². The minimum Gasteiger partial charge on any atom is -0.366 e. The van der Waals surface area contributed by atoms with Crippen LogP contribution in [0.4, 0.5) is 11.4 Å². The number of aliphatic imine (C=N–C) groups is 1. The summed E-state index contributed by atoms with van der Waals surface area (Å²) in [5.74, 6) is 0. The fourth-order valence-electron chi connectivity index (χ4n) is 5.11. The molecule has 0 saturated heterocycles. The topological polar surface area (TPSA) is 36.4 Å². The first-order valence-corrected chi connectivity index (χ1v) is 14.9. The molecule has 2 aromatic rings. The molecule has 0 aliphatic rings. The molecule has 2 rings (SSSR count). The molecule has 0 radical (unpaired) electrons. The highest BCUT2D eigenvalue weighted by Crippen LogP contribution is 2.33. The highest BCUT2D eigenvalue weighted by Gasteiger charge is 2.16. The van der Waals surface area contributed by atoms with Gasteiger partial charge in [0.15, 0.2) is 0 Å². The fourth-order valence-corrected chi connectivity index (χ4v) is 5.11. The van der Waals surface area contributed by atoms with Crippen molar-refractivity contribution in [2.45, 2.75) is 107 Å². The molecular formula is C36H53N3. The summed E-state index contributed by atoms with van der Waals surface area (Å²) in [6.07, 6.45) is 11.8. The SMILES string of the molecule is C=C(/C=C(\CC)C(C)(C)C)NC(C)Nc1cccc(CC(=C)c2cc(CC)c(CCCCC)cc2/N=C\C)c1. The molecule has 0 aliphatic carbocycles. The van der Waals surface area contributed by atoms with Gasteiger partial charge in [-0.05, 0) is 104 Å². The van der Waals surface area contributed by atoms with Crippen molar-refractivity contribution in [2.24, 2.45) is 10.4 Å². The number of anilines is 1. The third-order valence-corrected chi connectivity index (χ3v) is 7.22. The number of nitrogens with one attached hydrogen (secondary N) is 2. The number of nitrogens with zero attached hydrogens (tertiary/aromatic N) is 1. The second-order valence-corrected chi connectivity index (χ2v) is 11.6. The van der Waals surface area contributed by atoms with Gasteiger partial charge in [-0.2, -0.15) is 0 Å². The number of rotatable bonds is 15. The molecule has 0 heterocycles. The van der Waals surface area contributed by atoms with E-state index in [2.05, 4.69) is 115 Å². The summed E-state index contributed by atoms with van der Waals surface area (Å²) in [4.78, 5) is 4.74. The van der Waals surface area contributed by atoms with Crippen LogP contribution in [0.25, 0.3) is 5.57 Å². The summed E-state index contributed by atoms with van der Waals surface area (Å²) < 4.78 is 0. The maximum Gasteiger partial charge on any atom is 0.0934 e. The maximum atomic E-state index is 4.74. The van der Waals surface area contributed by atoms with Crippen LogP contribution in [0.5, 0.6) is 0 Å². The van der Waals surface area contributed by atoms with E-state index in [0.717, 1.165) is 53.9 Å². The molecule has 0 spiro atoms. The quantitative estimate of drug-likeness (QED) is 0.105. The van der Waals surface area contributed by atoms with E-state index in [1.165, 1.54) is 41.5 Å². The average molecular weight is 528 g/mol. The third kappa shape index (κ3) is 10.2. The highest BCUT2D eigenvalue weighted by atomic mass is 15.1. The van der Waals surface area contributed by atoms with E-state index >= 15 is 0 Å². The Kier molecular flexibility index (Phi) is 12.8. The number of unbranched alkanes of at least 4 members (excludes halogenated alkanes) is 2. The van der Waals surface area contributed by atoms with E-state index < -0.39 is 0 Å². The number of aryl methyl sites for hydroxylation is 2. The monoisotopic (exact) mass is 527 g/mol. The lowest BCUT2D eigenvalue weighted by Crippen LogP contribution is -2.32. The van der Waals surface area contributed by atoms with Crippen LogP contribution in [-0.4, -0.2) is 12.4 Å². The highest BCUT2D eigenvalue weighted by molar-refractivity contribution is 5.78. The molecule has 0 aliphatic heterocycles. The van der Waals surface area contributed by atoms with Crippen molar-refractivity contribution in [2.75, 3.05) is 5.32 Å². The lowest BCUT2D eigenvalue weighted by atomic mass is 9.84. The van der Waals surface area contributed by atoms with Gasteiger partial charge in [0.1, 0.15) is 0 Å². The molecule has 212 valence electrons. The van der Waals surface area contributed by atoms with Crippen molar-refractivity contribution in [3.05, 3.63) is 89.2 Å². The van der Waals surface area contributed by atoms with Gasteiger partial charge in [0.25, 0.3) is 0 Å². The Morgan fingerprint density at radius 1 is 1.03 bits per heavy atom. The molecule has 2 N–H and O–H groups in total. The molecule has 0 saturated carbocycles. The molecule has 0 fully saturated rings. The molecule has 39 heavy (non-hydrogen) atoms. The molecule has 1 unspecified atom stereocenters. The van der Waals surface area contributed by atoms with E-state index in [4.69, 9.17) is 4.99 Å². The number of benzene rings is 2. The van der Waals surface area contributed by atoms with Gasteiger partial charge in [-0.3, -0.25) is 4.99 Å². The lowest BCUT2D eigenvalue weighted by Gasteiger charge is -2.24. The van der Waals surface area contributed by atoms with Crippen LogP contribution in [-0.2, 0) is 19.3 Å². The van der Waals surface area contributed by atoms with Crippen molar-refractivity contribution in [3.8, 4) is 0 Å². The van der Waals surface area contributed by atoms with Crippen LogP contribution in [0.15, 0.2) is 71.9 Å². The van der Waals surface area contributed by atoms with Gasteiger partial charge < -0.3 is 10.6 Å². The van der Waals surface area contributed by atoms with E-state index in [0.29, 0.717) is 0 Å². The molecule has 0 amide bonds. The van der Waals surface area contributed by atoms with E-state index in [1.54, 1.807) is 0 Å². The van der Waals surface area contributed by atoms with Crippen molar-refractivity contribution in [3.63, 3.8) is 0 Å². The Morgan fingerprint density at radius 2 is 1.77 bits per heavy atom. The molecule has 0 aromatic heterocycles. The molecule has 1 atom stereocenters. The van der Waals surface area contributed by atoms with E-state index in [1.807, 2.05) is 13.1 Å². The van der Waals surface area contributed by atoms with Gasteiger partial charge in [0, 0.05) is 23.2 Å². The first kappa shape index (κ1) is 32.1. The fraction of sp³-hybridized carbons (Fsp3) is 0.472. The zero-order chi connectivity index (χ0) is 29.0. The van der Waals surface area contributed by atoms with E-state index in [9.17, 15) is 0 Å². The zero-order valence-corrected chi connectivity index (χ0v) is 26.0. The second kappa shape index (κ2) is 15.5. The number of hydrogen-bond acceptors (Lipinski definition) is 3. The van der Waals surface area contributed by atoms with Gasteiger partial charge in [-0.1, -0.05) is 85.2 Å². The van der Waals surface area contributed by atoms with Crippen LogP contribution in [0, 0.1) is 5.41 Å². The Bertz CT molecular complexity index is 1160. The summed E-state index contributed by atoms with van der Waals surface area (Å²) >= 11 is 0. The summed E-state index contributed by atoms with van der Waals surface area (Å²) in [7, 11) is 0. The van der Waals surface area contributed by atoms with E-state index in [-0.39, 0.29) is 11.6 Å². The molecule has 3 heteroatoms. The van der Waals surface area contributed by atoms with Crippen molar-refractivity contribution < 1.29 is 0 Å². The third-order valence-electron chi connectivity index (χ3n) is 7.22. The van der Waals surface area contributed by atoms with Crippen LogP contribution in [0.3, 0.4) is 0 Å². The Hall–Kier alpha value is -3.07. The standard InChI is InChI=1S/C36H53N3/c1-11-15-16-19-31-25-35(37-14-4)34(24-30(31)12-2)26(5)21-29-18-17-20-33(23-29)39-28(7)38-27(6)22-32(13-3)36(8,9)10/h14,17-18,20,22-25,28,38-39H,5-6,11-13,15-16,19,21H2,1-4,7-10H3/b32-22+,37-14-. The van der Waals surface area contributed by atoms with Crippen molar-refractivity contribution >= 4 is 23.2 Å². The second-order valence-electron chi connectivity index (χ2n) is 11.6. The largest absolute Gasteiger partial charge is 0.366 e. The predicted octanol–water partition coefficient (Wildman–Crippen LogP) is 10.2. The first-order valence-electron chi connectivity index (χ1n) is 14.9. The van der Waals surface area contributed by atoms with Crippen molar-refractivity contribution in [1.29, 1.82) is 0 Å². The van der Waals surface area contributed by atoms with Crippen molar-refractivity contribution in [1.82, 2.24) is 5.32 Å². The summed E-state index contributed by atoms with van der Waals surface area (Å²) in [5.41, 5.74) is 10.9. The summed E-state index contributed by atoms with van der Waals surface area (Å²) in [6.45, 7) is 26.3. The predicted molar refractivity (Wildman–Crippen MR) is 175 cm³/mol. The lowest BCUT2D eigenvalue weighted by molar-refractivity contribution is 0.486. The molecule has 3 nitrogen and oxygen atoms in total. The molecule has 0 bridgehead atoms. The smallest absolute Gasteiger partial charge is 0.0934 e.